The predicted molar refractivity (Wildman–Crippen MR) is 113 cm³/mol. The summed E-state index contributed by atoms with van der Waals surface area (Å²) < 4.78 is 7.60. The van der Waals surface area contributed by atoms with Gasteiger partial charge in [0.1, 0.15) is 0 Å². The van der Waals surface area contributed by atoms with E-state index in [2.05, 4.69) is 50.7 Å². The maximum Gasteiger partial charge on any atom is 0.166 e. The third kappa shape index (κ3) is 3.33. The van der Waals surface area contributed by atoms with E-state index >= 15 is 0 Å². The van der Waals surface area contributed by atoms with Gasteiger partial charge in [-0.25, -0.2) is 15.0 Å². The van der Waals surface area contributed by atoms with E-state index < -0.39 is 0 Å². The summed E-state index contributed by atoms with van der Waals surface area (Å²) >= 11 is 0. The number of imidazole rings is 1. The smallest absolute Gasteiger partial charge is 0.166 e. The van der Waals surface area contributed by atoms with Crippen LogP contribution in [0, 0.1) is 0 Å². The van der Waals surface area contributed by atoms with E-state index in [0.29, 0.717) is 13.2 Å². The quantitative estimate of drug-likeness (QED) is 0.680. The Kier molecular flexibility index (Phi) is 4.63. The van der Waals surface area contributed by atoms with Crippen molar-refractivity contribution >= 4 is 22.7 Å². The average molecular weight is 391 g/mol. The minimum absolute atomic E-state index is 0.706. The molecule has 0 amide bonds. The Bertz CT molecular complexity index is 1070. The molecule has 8 heteroatoms. The summed E-state index contributed by atoms with van der Waals surface area (Å²) in [6, 6.07) is 8.39. The fourth-order valence-corrected chi connectivity index (χ4v) is 3.90. The number of aromatic nitrogens is 4. The van der Waals surface area contributed by atoms with Crippen molar-refractivity contribution in [2.75, 3.05) is 44.8 Å². The van der Waals surface area contributed by atoms with Crippen molar-refractivity contribution < 1.29 is 4.74 Å². The van der Waals surface area contributed by atoms with Gasteiger partial charge in [-0.2, -0.15) is 5.10 Å². The van der Waals surface area contributed by atoms with Crippen molar-refractivity contribution in [3.05, 3.63) is 36.2 Å². The minimum atomic E-state index is 0.706. The summed E-state index contributed by atoms with van der Waals surface area (Å²) in [6.07, 6.45) is 2.81. The van der Waals surface area contributed by atoms with E-state index in [1.165, 1.54) is 0 Å². The van der Waals surface area contributed by atoms with Gasteiger partial charge in [0.2, 0.25) is 0 Å². The van der Waals surface area contributed by atoms with Crippen LogP contribution in [0.2, 0.25) is 0 Å². The van der Waals surface area contributed by atoms with Crippen molar-refractivity contribution in [2.45, 2.75) is 19.9 Å². The topological polar surface area (TPSA) is 71.7 Å². The molecule has 0 atom stereocenters. The lowest BCUT2D eigenvalue weighted by Gasteiger charge is -2.28. The fraction of sp³-hybridized carbons (Fsp3) is 0.429. The molecule has 2 aliphatic heterocycles. The number of hydrogen-bond acceptors (Lipinski definition) is 7. The molecule has 0 N–H and O–H groups in total. The summed E-state index contributed by atoms with van der Waals surface area (Å²) in [5.74, 6) is 1.62. The van der Waals surface area contributed by atoms with E-state index in [4.69, 9.17) is 14.7 Å². The first kappa shape index (κ1) is 18.1. The van der Waals surface area contributed by atoms with Crippen LogP contribution in [-0.2, 0) is 11.3 Å². The molecule has 0 saturated carbocycles. The third-order valence-corrected chi connectivity index (χ3v) is 5.51. The highest BCUT2D eigenvalue weighted by Gasteiger charge is 2.21. The maximum absolute atomic E-state index is 5.53. The average Bonchev–Trinajstić information content (AvgIpc) is 3.39. The normalized spacial score (nSPS) is 17.2. The second-order valence-electron chi connectivity index (χ2n) is 7.43. The van der Waals surface area contributed by atoms with Gasteiger partial charge in [0.05, 0.1) is 25.3 Å². The molecule has 0 aliphatic carbocycles. The van der Waals surface area contributed by atoms with Crippen LogP contribution in [-0.4, -0.2) is 70.1 Å². The Morgan fingerprint density at radius 3 is 2.66 bits per heavy atom. The molecule has 29 heavy (non-hydrogen) atoms. The largest absolute Gasteiger partial charge is 0.378 e. The highest BCUT2D eigenvalue weighted by Crippen LogP contribution is 2.28. The zero-order valence-electron chi connectivity index (χ0n) is 16.9. The zero-order chi connectivity index (χ0) is 19.8. The summed E-state index contributed by atoms with van der Waals surface area (Å²) in [4.78, 5) is 16.7. The number of rotatable bonds is 4. The van der Waals surface area contributed by atoms with E-state index in [1.807, 2.05) is 18.4 Å². The molecule has 2 aliphatic rings. The summed E-state index contributed by atoms with van der Waals surface area (Å²) in [5.41, 5.74) is 4.98. The van der Waals surface area contributed by atoms with Gasteiger partial charge < -0.3 is 14.2 Å². The SMILES string of the molecule is CCn1cnc2c(N3CCOCC3)nc(-c3cccc(C4=NN(C)CC4)c3)nc21. The number of morpholine rings is 1. The number of hydrogen-bond donors (Lipinski definition) is 0. The van der Waals surface area contributed by atoms with E-state index in [-0.39, 0.29) is 0 Å². The van der Waals surface area contributed by atoms with Gasteiger partial charge in [0, 0.05) is 45.2 Å². The minimum Gasteiger partial charge on any atom is -0.378 e. The molecule has 2 aromatic heterocycles. The van der Waals surface area contributed by atoms with Crippen LogP contribution >= 0.6 is 0 Å². The predicted octanol–water partition coefficient (Wildman–Crippen LogP) is 2.39. The Hall–Kier alpha value is -3.00. The van der Waals surface area contributed by atoms with Crippen LogP contribution in [0.1, 0.15) is 18.9 Å². The number of aryl methyl sites for hydroxylation is 1. The van der Waals surface area contributed by atoms with Crippen LogP contribution in [0.25, 0.3) is 22.6 Å². The number of anilines is 1. The molecular weight excluding hydrogens is 366 g/mol. The first-order chi connectivity index (χ1) is 14.2. The van der Waals surface area contributed by atoms with Crippen molar-refractivity contribution in [1.29, 1.82) is 0 Å². The number of hydrazone groups is 1. The highest BCUT2D eigenvalue weighted by molar-refractivity contribution is 6.02. The number of ether oxygens (including phenoxy) is 1. The van der Waals surface area contributed by atoms with Gasteiger partial charge >= 0.3 is 0 Å². The summed E-state index contributed by atoms with van der Waals surface area (Å²) in [7, 11) is 2.01. The molecule has 1 fully saturated rings. The van der Waals surface area contributed by atoms with Gasteiger partial charge in [0.25, 0.3) is 0 Å². The lowest BCUT2D eigenvalue weighted by Crippen LogP contribution is -2.37. The van der Waals surface area contributed by atoms with Crippen LogP contribution in [0.5, 0.6) is 0 Å². The van der Waals surface area contributed by atoms with Gasteiger partial charge in [-0.15, -0.1) is 0 Å². The Labute approximate surface area is 169 Å². The molecule has 150 valence electrons. The Morgan fingerprint density at radius 2 is 1.90 bits per heavy atom. The van der Waals surface area contributed by atoms with Crippen molar-refractivity contribution in [3.63, 3.8) is 0 Å². The molecule has 5 rings (SSSR count). The molecule has 0 unspecified atom stereocenters. The van der Waals surface area contributed by atoms with E-state index in [1.54, 1.807) is 0 Å². The fourth-order valence-electron chi connectivity index (χ4n) is 3.90. The molecule has 1 aromatic carbocycles. The van der Waals surface area contributed by atoms with Crippen molar-refractivity contribution in [3.8, 4) is 11.4 Å². The molecular formula is C21H25N7O. The molecule has 1 saturated heterocycles. The van der Waals surface area contributed by atoms with Gasteiger partial charge in [-0.1, -0.05) is 18.2 Å². The first-order valence-corrected chi connectivity index (χ1v) is 10.2. The van der Waals surface area contributed by atoms with E-state index in [0.717, 1.165) is 72.2 Å². The van der Waals surface area contributed by atoms with Gasteiger partial charge in [-0.3, -0.25) is 5.01 Å². The third-order valence-electron chi connectivity index (χ3n) is 5.51. The van der Waals surface area contributed by atoms with Crippen molar-refractivity contribution in [1.82, 2.24) is 24.5 Å². The molecule has 4 heterocycles. The maximum atomic E-state index is 5.53. The number of nitrogens with zero attached hydrogens (tertiary/aromatic N) is 7. The zero-order valence-corrected chi connectivity index (χ0v) is 16.9. The van der Waals surface area contributed by atoms with Crippen LogP contribution in [0.3, 0.4) is 0 Å². The highest BCUT2D eigenvalue weighted by atomic mass is 16.5. The van der Waals surface area contributed by atoms with Gasteiger partial charge in [-0.05, 0) is 18.6 Å². The van der Waals surface area contributed by atoms with Crippen LogP contribution < -0.4 is 4.90 Å². The summed E-state index contributed by atoms with van der Waals surface area (Å²) in [5, 5.41) is 6.61. The Morgan fingerprint density at radius 1 is 1.07 bits per heavy atom. The molecule has 0 bridgehead atoms. The monoisotopic (exact) mass is 391 g/mol. The Balaban J connectivity index is 1.62. The number of fused-ring (bicyclic) bond motifs is 1. The van der Waals surface area contributed by atoms with Crippen LogP contribution in [0.4, 0.5) is 5.82 Å². The molecule has 3 aromatic rings. The second-order valence-corrected chi connectivity index (χ2v) is 7.43. The van der Waals surface area contributed by atoms with Crippen molar-refractivity contribution in [2.24, 2.45) is 5.10 Å². The number of benzene rings is 1. The summed E-state index contributed by atoms with van der Waals surface area (Å²) in [6.45, 7) is 6.92. The second kappa shape index (κ2) is 7.44. The first-order valence-electron chi connectivity index (χ1n) is 10.2. The van der Waals surface area contributed by atoms with Crippen LogP contribution in [0.15, 0.2) is 35.7 Å². The van der Waals surface area contributed by atoms with E-state index in [9.17, 15) is 0 Å². The van der Waals surface area contributed by atoms with Gasteiger partial charge in [0.15, 0.2) is 22.8 Å². The molecule has 0 spiro atoms. The molecule has 0 radical (unpaired) electrons. The molecule has 8 nitrogen and oxygen atoms in total. The standard InChI is InChI=1S/C21H25N7O/c1-3-27-14-22-18-20(27)23-19(24-21(18)28-9-11-29-12-10-28)16-6-4-5-15(13-16)17-7-8-26(2)25-17/h4-6,13-14H,3,7-12H2,1-2H3. The lowest BCUT2D eigenvalue weighted by molar-refractivity contribution is 0.122. The lowest BCUT2D eigenvalue weighted by atomic mass is 10.0.